The number of carbonyl (C=O) groups excluding carboxylic acids is 1. The third-order valence-corrected chi connectivity index (χ3v) is 4.01. The van der Waals surface area contributed by atoms with Crippen molar-refractivity contribution in [3.8, 4) is 11.4 Å². The molecule has 3 rings (SSSR count). The van der Waals surface area contributed by atoms with Crippen LogP contribution in [0.5, 0.6) is 0 Å². The quantitative estimate of drug-likeness (QED) is 0.735. The third-order valence-electron chi connectivity index (χ3n) is 4.01. The Morgan fingerprint density at radius 1 is 1.29 bits per heavy atom. The Morgan fingerprint density at radius 3 is 2.83 bits per heavy atom. The molecule has 0 atom stereocenters. The molecule has 0 spiro atoms. The van der Waals surface area contributed by atoms with Crippen LogP contribution in [-0.4, -0.2) is 35.7 Å². The second-order valence-corrected chi connectivity index (χ2v) is 5.83. The first-order chi connectivity index (χ1) is 11.6. The normalized spacial score (nSPS) is 11.0. The van der Waals surface area contributed by atoms with Crippen LogP contribution in [0, 0.1) is 6.92 Å². The molecule has 0 aliphatic heterocycles. The Morgan fingerprint density at radius 2 is 2.12 bits per heavy atom. The minimum atomic E-state index is -0.111. The van der Waals surface area contributed by atoms with Crippen molar-refractivity contribution < 1.29 is 9.53 Å². The third kappa shape index (κ3) is 3.16. The van der Waals surface area contributed by atoms with Gasteiger partial charge in [-0.15, -0.1) is 0 Å². The number of fused-ring (bicyclic) bond motifs is 1. The lowest BCUT2D eigenvalue weighted by molar-refractivity contribution is 0.0938. The van der Waals surface area contributed by atoms with E-state index in [0.717, 1.165) is 27.9 Å². The minimum Gasteiger partial charge on any atom is -0.383 e. The number of carbonyl (C=O) groups is 1. The number of aromatic nitrogens is 2. The number of aryl methyl sites for hydroxylation is 2. The molecule has 0 bridgehead atoms. The molecule has 0 radical (unpaired) electrons. The zero-order valence-electron chi connectivity index (χ0n) is 14.2. The molecule has 0 fully saturated rings. The molecule has 0 unspecified atom stereocenters. The number of benzene rings is 1. The average molecular weight is 323 g/mol. The van der Waals surface area contributed by atoms with Crippen molar-refractivity contribution in [3.05, 3.63) is 53.7 Å². The highest BCUT2D eigenvalue weighted by molar-refractivity contribution is 6.07. The fourth-order valence-electron chi connectivity index (χ4n) is 2.75. The lowest BCUT2D eigenvalue weighted by atomic mass is 10.0. The van der Waals surface area contributed by atoms with E-state index in [1.165, 1.54) is 0 Å². The summed E-state index contributed by atoms with van der Waals surface area (Å²) >= 11 is 0. The fourth-order valence-corrected chi connectivity index (χ4v) is 2.75. The summed E-state index contributed by atoms with van der Waals surface area (Å²) in [7, 11) is 3.58. The lowest BCUT2D eigenvalue weighted by Gasteiger charge is -2.11. The number of nitrogens with zero attached hydrogens (tertiary/aromatic N) is 2. The van der Waals surface area contributed by atoms with E-state index in [9.17, 15) is 4.79 Å². The maximum atomic E-state index is 12.7. The van der Waals surface area contributed by atoms with Gasteiger partial charge < -0.3 is 14.6 Å². The molecule has 2 heterocycles. The maximum Gasteiger partial charge on any atom is 0.252 e. The van der Waals surface area contributed by atoms with Crippen molar-refractivity contribution in [1.82, 2.24) is 14.9 Å². The number of hydrogen-bond donors (Lipinski definition) is 1. The molecular weight excluding hydrogens is 302 g/mol. The van der Waals surface area contributed by atoms with Crippen LogP contribution in [0.15, 0.2) is 42.6 Å². The lowest BCUT2D eigenvalue weighted by Crippen LogP contribution is -2.27. The van der Waals surface area contributed by atoms with E-state index >= 15 is 0 Å². The van der Waals surface area contributed by atoms with Crippen molar-refractivity contribution in [2.75, 3.05) is 20.3 Å². The number of nitrogens with one attached hydrogen (secondary N) is 1. The number of methoxy groups -OCH3 is 1. The van der Waals surface area contributed by atoms with Gasteiger partial charge in [0.25, 0.3) is 5.91 Å². The van der Waals surface area contributed by atoms with E-state index in [0.29, 0.717) is 18.7 Å². The standard InChI is InChI=1S/C19H21N3O2/c1-13-6-7-16-14(11-13)15(19(23)20-8-10-24-3)12-17(21-16)18-5-4-9-22(18)2/h4-7,9,11-12H,8,10H2,1-3H3,(H,20,23). The predicted octanol–water partition coefficient (Wildman–Crippen LogP) is 2.92. The van der Waals surface area contributed by atoms with Gasteiger partial charge in [-0.05, 0) is 37.3 Å². The number of ether oxygens (including phenoxy) is 1. The largest absolute Gasteiger partial charge is 0.383 e. The molecular formula is C19H21N3O2. The molecule has 5 nitrogen and oxygen atoms in total. The first-order valence-electron chi connectivity index (χ1n) is 7.90. The number of rotatable bonds is 5. The van der Waals surface area contributed by atoms with Crippen LogP contribution in [0.1, 0.15) is 15.9 Å². The van der Waals surface area contributed by atoms with Gasteiger partial charge in [0.2, 0.25) is 0 Å². The number of amides is 1. The molecule has 0 aliphatic carbocycles. The molecule has 5 heteroatoms. The van der Waals surface area contributed by atoms with Gasteiger partial charge in [0, 0.05) is 32.3 Å². The van der Waals surface area contributed by atoms with Gasteiger partial charge in [-0.2, -0.15) is 0 Å². The highest BCUT2D eigenvalue weighted by Crippen LogP contribution is 2.25. The first-order valence-corrected chi connectivity index (χ1v) is 7.90. The average Bonchev–Trinajstić information content (AvgIpc) is 3.00. The molecule has 2 aromatic heterocycles. The molecule has 124 valence electrons. The molecule has 1 aromatic carbocycles. The topological polar surface area (TPSA) is 56.1 Å². The van der Waals surface area contributed by atoms with E-state index in [1.54, 1.807) is 7.11 Å². The Bertz CT molecular complexity index is 883. The summed E-state index contributed by atoms with van der Waals surface area (Å²) in [5.74, 6) is -0.111. The highest BCUT2D eigenvalue weighted by Gasteiger charge is 2.15. The maximum absolute atomic E-state index is 12.7. The first kappa shape index (κ1) is 16.2. The van der Waals surface area contributed by atoms with Crippen LogP contribution in [0.4, 0.5) is 0 Å². The summed E-state index contributed by atoms with van der Waals surface area (Å²) in [5, 5.41) is 3.76. The summed E-state index contributed by atoms with van der Waals surface area (Å²) in [6.45, 7) is 2.97. The second kappa shape index (κ2) is 6.84. The second-order valence-electron chi connectivity index (χ2n) is 5.83. The monoisotopic (exact) mass is 323 g/mol. The molecule has 1 amide bonds. The van der Waals surface area contributed by atoms with Crippen molar-refractivity contribution >= 4 is 16.8 Å². The van der Waals surface area contributed by atoms with Crippen LogP contribution < -0.4 is 5.32 Å². The summed E-state index contributed by atoms with van der Waals surface area (Å²) in [6.07, 6.45) is 1.97. The van der Waals surface area contributed by atoms with Gasteiger partial charge in [-0.25, -0.2) is 4.98 Å². The number of hydrogen-bond acceptors (Lipinski definition) is 3. The predicted molar refractivity (Wildman–Crippen MR) is 95.1 cm³/mol. The van der Waals surface area contributed by atoms with Crippen LogP contribution >= 0.6 is 0 Å². The van der Waals surface area contributed by atoms with Crippen molar-refractivity contribution in [2.45, 2.75) is 6.92 Å². The van der Waals surface area contributed by atoms with Crippen LogP contribution in [0.3, 0.4) is 0 Å². The molecule has 0 aliphatic rings. The van der Waals surface area contributed by atoms with Crippen molar-refractivity contribution in [1.29, 1.82) is 0 Å². The minimum absolute atomic E-state index is 0.111. The van der Waals surface area contributed by atoms with Crippen LogP contribution in [0.25, 0.3) is 22.3 Å². The smallest absolute Gasteiger partial charge is 0.252 e. The van der Waals surface area contributed by atoms with Crippen molar-refractivity contribution in [3.63, 3.8) is 0 Å². The van der Waals surface area contributed by atoms with Gasteiger partial charge in [0.05, 0.1) is 29.1 Å². The summed E-state index contributed by atoms with van der Waals surface area (Å²) in [6, 6.07) is 11.8. The summed E-state index contributed by atoms with van der Waals surface area (Å²) in [5.41, 5.74) is 4.31. The summed E-state index contributed by atoms with van der Waals surface area (Å²) < 4.78 is 7.00. The van der Waals surface area contributed by atoms with E-state index in [4.69, 9.17) is 9.72 Å². The van der Waals surface area contributed by atoms with Gasteiger partial charge in [-0.1, -0.05) is 11.6 Å². The Kier molecular flexibility index (Phi) is 4.62. The van der Waals surface area contributed by atoms with Crippen molar-refractivity contribution in [2.24, 2.45) is 7.05 Å². The highest BCUT2D eigenvalue weighted by atomic mass is 16.5. The molecule has 0 saturated carbocycles. The van der Waals surface area contributed by atoms with Gasteiger partial charge >= 0.3 is 0 Å². The van der Waals surface area contributed by atoms with E-state index in [1.807, 2.05) is 61.1 Å². The van der Waals surface area contributed by atoms with E-state index < -0.39 is 0 Å². The number of pyridine rings is 1. The van der Waals surface area contributed by atoms with E-state index in [2.05, 4.69) is 5.32 Å². The fraction of sp³-hybridized carbons (Fsp3) is 0.263. The Balaban J connectivity index is 2.11. The molecule has 1 N–H and O–H groups in total. The van der Waals surface area contributed by atoms with Gasteiger partial charge in [0.1, 0.15) is 0 Å². The zero-order chi connectivity index (χ0) is 17.1. The SMILES string of the molecule is COCCNC(=O)c1cc(-c2cccn2C)nc2ccc(C)cc12. The zero-order valence-corrected chi connectivity index (χ0v) is 14.2. The Hall–Kier alpha value is -2.66. The molecule has 24 heavy (non-hydrogen) atoms. The summed E-state index contributed by atoms with van der Waals surface area (Å²) in [4.78, 5) is 17.4. The van der Waals surface area contributed by atoms with E-state index in [-0.39, 0.29) is 5.91 Å². The van der Waals surface area contributed by atoms with Crippen LogP contribution in [0.2, 0.25) is 0 Å². The molecule has 0 saturated heterocycles. The molecule has 3 aromatic rings. The Labute approximate surface area is 141 Å². The van der Waals surface area contributed by atoms with Gasteiger partial charge in [-0.3, -0.25) is 4.79 Å². The van der Waals surface area contributed by atoms with Crippen LogP contribution in [-0.2, 0) is 11.8 Å². The van der Waals surface area contributed by atoms with Gasteiger partial charge in [0.15, 0.2) is 0 Å².